The second-order valence-corrected chi connectivity index (χ2v) is 11.8. The quantitative estimate of drug-likeness (QED) is 0.293. The van der Waals surface area contributed by atoms with Crippen LogP contribution in [0.4, 0.5) is 0 Å². The lowest BCUT2D eigenvalue weighted by molar-refractivity contribution is -0.166. The Hall–Kier alpha value is -2.82. The first kappa shape index (κ1) is 27.2. The lowest BCUT2D eigenvalue weighted by atomic mass is 9.70. The van der Waals surface area contributed by atoms with Gasteiger partial charge < -0.3 is 14.2 Å². The van der Waals surface area contributed by atoms with Crippen molar-refractivity contribution in [1.82, 2.24) is 0 Å². The molecule has 5 heteroatoms. The summed E-state index contributed by atoms with van der Waals surface area (Å²) in [7, 11) is 3.29. The first-order valence-electron chi connectivity index (χ1n) is 13.5. The Balaban J connectivity index is 1.52. The number of carbonyl (C=O) groups excluding carboxylic acids is 2. The van der Waals surface area contributed by atoms with Crippen molar-refractivity contribution in [1.29, 1.82) is 0 Å². The fourth-order valence-electron chi connectivity index (χ4n) is 7.42. The topological polar surface area (TPSA) is 61.8 Å². The van der Waals surface area contributed by atoms with Gasteiger partial charge in [-0.2, -0.15) is 0 Å². The third kappa shape index (κ3) is 4.45. The van der Waals surface area contributed by atoms with Crippen LogP contribution in [0.3, 0.4) is 0 Å². The zero-order valence-corrected chi connectivity index (χ0v) is 23.7. The molecule has 0 spiro atoms. The molecule has 4 rings (SSSR count). The summed E-state index contributed by atoms with van der Waals surface area (Å²) in [5.41, 5.74) is 4.99. The first-order valence-corrected chi connectivity index (χ1v) is 13.5. The average Bonchev–Trinajstić information content (AvgIpc) is 3.19. The van der Waals surface area contributed by atoms with Crippen LogP contribution < -0.4 is 9.47 Å². The van der Waals surface area contributed by atoms with E-state index in [1.807, 2.05) is 26.8 Å². The maximum absolute atomic E-state index is 13.2. The molecule has 2 aliphatic rings. The molecule has 5 nitrogen and oxygen atoms in total. The second kappa shape index (κ2) is 10.2. The number of esters is 1. The summed E-state index contributed by atoms with van der Waals surface area (Å²) in [5, 5.41) is 0. The fourth-order valence-corrected chi connectivity index (χ4v) is 7.42. The molecule has 0 aliphatic heterocycles. The zero-order chi connectivity index (χ0) is 27.1. The van der Waals surface area contributed by atoms with Crippen LogP contribution in [0.2, 0.25) is 0 Å². The van der Waals surface area contributed by atoms with E-state index >= 15 is 0 Å². The molecule has 0 radical (unpaired) electrons. The number of rotatable bonds is 9. The lowest BCUT2D eigenvalue weighted by Gasteiger charge is -2.39. The van der Waals surface area contributed by atoms with Crippen molar-refractivity contribution >= 4 is 11.8 Å². The third-order valence-electron chi connectivity index (χ3n) is 10.0. The molecule has 0 aromatic heterocycles. The van der Waals surface area contributed by atoms with E-state index in [2.05, 4.69) is 45.0 Å². The average molecular weight is 507 g/mol. The number of fused-ring (bicyclic) bond motifs is 2. The van der Waals surface area contributed by atoms with E-state index in [0.717, 1.165) is 53.0 Å². The Bertz CT molecular complexity index is 1180. The van der Waals surface area contributed by atoms with Crippen LogP contribution in [0, 0.1) is 43.4 Å². The van der Waals surface area contributed by atoms with Crippen LogP contribution in [0.5, 0.6) is 11.5 Å². The summed E-state index contributed by atoms with van der Waals surface area (Å²) in [6.07, 6.45) is 3.20. The molecular formula is C32H42O5. The van der Waals surface area contributed by atoms with Crippen LogP contribution in [-0.4, -0.2) is 32.1 Å². The minimum Gasteiger partial charge on any atom is -0.496 e. The maximum atomic E-state index is 13.2. The van der Waals surface area contributed by atoms with Gasteiger partial charge in [0.1, 0.15) is 17.6 Å². The summed E-state index contributed by atoms with van der Waals surface area (Å²) in [6, 6.07) is 10.4. The van der Waals surface area contributed by atoms with Gasteiger partial charge in [-0.25, -0.2) is 4.79 Å². The predicted octanol–water partition coefficient (Wildman–Crippen LogP) is 6.36. The van der Waals surface area contributed by atoms with Gasteiger partial charge in [-0.15, -0.1) is 0 Å². The number of carbonyl (C=O) groups is 2. The van der Waals surface area contributed by atoms with Gasteiger partial charge in [-0.05, 0) is 80.0 Å². The molecular weight excluding hydrogens is 464 g/mol. The summed E-state index contributed by atoms with van der Waals surface area (Å²) in [4.78, 5) is 26.3. The number of hydrogen-bond donors (Lipinski definition) is 0. The third-order valence-corrected chi connectivity index (χ3v) is 10.0. The summed E-state index contributed by atoms with van der Waals surface area (Å²) < 4.78 is 17.5. The van der Waals surface area contributed by atoms with Gasteiger partial charge in [0.2, 0.25) is 5.78 Å². The van der Waals surface area contributed by atoms with Gasteiger partial charge in [0, 0.05) is 23.3 Å². The van der Waals surface area contributed by atoms with Crippen molar-refractivity contribution in [2.24, 2.45) is 22.7 Å². The number of benzene rings is 2. The molecule has 0 amide bonds. The standard InChI is InChI=1S/C32H42O5/c1-19-20(2)28(36-8)23(21(3)27(19)35-7)14-15-26(33)30(34)37-29-24(18-22-12-10-9-11-13-22)25-16-17-32(29,6)31(25,4)5/h9-13,24-25,29H,14-18H2,1-8H3/t24-,25?,29-,32?/m0/s1. The van der Waals surface area contributed by atoms with E-state index < -0.39 is 11.8 Å². The van der Waals surface area contributed by atoms with Crippen LogP contribution in [0.15, 0.2) is 30.3 Å². The van der Waals surface area contributed by atoms with Crippen LogP contribution >= 0.6 is 0 Å². The van der Waals surface area contributed by atoms with E-state index in [1.165, 1.54) is 5.56 Å². The van der Waals surface area contributed by atoms with E-state index in [-0.39, 0.29) is 29.3 Å². The molecule has 37 heavy (non-hydrogen) atoms. The highest BCUT2D eigenvalue weighted by Crippen LogP contribution is 2.69. The van der Waals surface area contributed by atoms with E-state index in [0.29, 0.717) is 12.3 Å². The Labute approximate surface area is 221 Å². The Morgan fingerprint density at radius 1 is 0.919 bits per heavy atom. The first-order chi connectivity index (χ1) is 17.5. The molecule has 0 N–H and O–H groups in total. The van der Waals surface area contributed by atoms with Crippen LogP contribution in [0.25, 0.3) is 0 Å². The molecule has 2 aromatic carbocycles. The Morgan fingerprint density at radius 2 is 1.54 bits per heavy atom. The molecule has 2 aliphatic carbocycles. The van der Waals surface area contributed by atoms with Crippen molar-refractivity contribution in [3.05, 3.63) is 58.1 Å². The largest absolute Gasteiger partial charge is 0.496 e. The smallest absolute Gasteiger partial charge is 0.374 e. The van der Waals surface area contributed by atoms with Gasteiger partial charge in [-0.3, -0.25) is 4.79 Å². The number of Topliss-reactive ketones (excluding diaryl/α,β-unsaturated/α-hetero) is 1. The molecule has 2 unspecified atom stereocenters. The van der Waals surface area contributed by atoms with Gasteiger partial charge in [0.25, 0.3) is 0 Å². The number of hydrogen-bond acceptors (Lipinski definition) is 5. The molecule has 0 heterocycles. The number of methoxy groups -OCH3 is 2. The molecule has 2 fully saturated rings. The normalized spacial score (nSPS) is 25.7. The number of ether oxygens (including phenoxy) is 3. The maximum Gasteiger partial charge on any atom is 0.374 e. The van der Waals surface area contributed by atoms with E-state index in [4.69, 9.17) is 14.2 Å². The Kier molecular flexibility index (Phi) is 7.47. The SMILES string of the molecule is COc1c(C)c(C)c(OC)c(CCC(=O)C(=O)O[C@H]2[C@@H](Cc3ccccc3)C3CCC2(C)C3(C)C)c1C. The molecule has 2 bridgehead atoms. The molecule has 4 atom stereocenters. The minimum absolute atomic E-state index is 0.0426. The van der Waals surface area contributed by atoms with Crippen LogP contribution in [0.1, 0.15) is 67.9 Å². The zero-order valence-electron chi connectivity index (χ0n) is 23.7. The van der Waals surface area contributed by atoms with E-state index in [1.54, 1.807) is 14.2 Å². The van der Waals surface area contributed by atoms with Crippen molar-refractivity contribution in [3.63, 3.8) is 0 Å². The molecule has 0 saturated heterocycles. The van der Waals surface area contributed by atoms with Crippen molar-refractivity contribution in [2.45, 2.75) is 79.8 Å². The summed E-state index contributed by atoms with van der Waals surface area (Å²) in [6.45, 7) is 12.8. The Morgan fingerprint density at radius 3 is 2.16 bits per heavy atom. The van der Waals surface area contributed by atoms with E-state index in [9.17, 15) is 9.59 Å². The predicted molar refractivity (Wildman–Crippen MR) is 145 cm³/mol. The van der Waals surface area contributed by atoms with Crippen molar-refractivity contribution in [2.75, 3.05) is 14.2 Å². The molecule has 2 saturated carbocycles. The van der Waals surface area contributed by atoms with Gasteiger partial charge in [-0.1, -0.05) is 51.1 Å². The summed E-state index contributed by atoms with van der Waals surface area (Å²) >= 11 is 0. The van der Waals surface area contributed by atoms with Crippen molar-refractivity contribution < 1.29 is 23.8 Å². The highest BCUT2D eigenvalue weighted by atomic mass is 16.6. The van der Waals surface area contributed by atoms with Crippen molar-refractivity contribution in [3.8, 4) is 11.5 Å². The lowest BCUT2D eigenvalue weighted by Crippen LogP contribution is -2.42. The molecule has 200 valence electrons. The van der Waals surface area contributed by atoms with Gasteiger partial charge >= 0.3 is 5.97 Å². The second-order valence-electron chi connectivity index (χ2n) is 11.8. The fraction of sp³-hybridized carbons (Fsp3) is 0.562. The monoisotopic (exact) mass is 506 g/mol. The minimum atomic E-state index is -0.708. The highest BCUT2D eigenvalue weighted by Gasteiger charge is 2.67. The highest BCUT2D eigenvalue weighted by molar-refractivity contribution is 6.33. The van der Waals surface area contributed by atoms with Gasteiger partial charge in [0.05, 0.1) is 14.2 Å². The summed E-state index contributed by atoms with van der Waals surface area (Å²) in [5.74, 6) is 1.02. The van der Waals surface area contributed by atoms with Crippen LogP contribution in [-0.2, 0) is 27.2 Å². The van der Waals surface area contributed by atoms with Gasteiger partial charge in [0.15, 0.2) is 0 Å². The number of ketones is 1. The molecule has 2 aromatic rings.